The fraction of sp³-hybridized carbons (Fsp3) is 0.385. The van der Waals surface area contributed by atoms with Gasteiger partial charge in [-0.1, -0.05) is 18.2 Å². The van der Waals surface area contributed by atoms with E-state index in [-0.39, 0.29) is 0 Å². The Bertz CT molecular complexity index is 480. The van der Waals surface area contributed by atoms with Crippen LogP contribution in [0.5, 0.6) is 0 Å². The van der Waals surface area contributed by atoms with Gasteiger partial charge in [0.15, 0.2) is 0 Å². The van der Waals surface area contributed by atoms with E-state index >= 15 is 0 Å². The topological polar surface area (TPSA) is 65.3 Å². The molecular weight excluding hydrogens is 214 g/mol. The third-order valence-corrected chi connectivity index (χ3v) is 2.91. The standard InChI is InChI=1S/C13H19N3O/c1-16(9-11(17)6-14)8-10-7-15-13-5-3-2-4-12(10)13/h2-5,7,11,15,17H,6,8-9,14H2,1H3. The number of rotatable bonds is 5. The average Bonchev–Trinajstić information content (AvgIpc) is 2.72. The molecule has 0 aliphatic carbocycles. The lowest BCUT2D eigenvalue weighted by Crippen LogP contribution is -2.33. The highest BCUT2D eigenvalue weighted by Gasteiger charge is 2.09. The summed E-state index contributed by atoms with van der Waals surface area (Å²) in [6, 6.07) is 8.22. The van der Waals surface area contributed by atoms with Crippen LogP contribution in [0.3, 0.4) is 0 Å². The molecule has 4 nitrogen and oxygen atoms in total. The van der Waals surface area contributed by atoms with Crippen LogP contribution in [0, 0.1) is 0 Å². The minimum absolute atomic E-state index is 0.304. The fourth-order valence-electron chi connectivity index (χ4n) is 2.05. The molecule has 2 aromatic rings. The van der Waals surface area contributed by atoms with Crippen LogP contribution in [0.1, 0.15) is 5.56 Å². The molecule has 0 radical (unpaired) electrons. The van der Waals surface area contributed by atoms with Crippen molar-refractivity contribution < 1.29 is 5.11 Å². The Morgan fingerprint density at radius 1 is 1.41 bits per heavy atom. The predicted octanol–water partition coefficient (Wildman–Crippen LogP) is 0.919. The monoisotopic (exact) mass is 233 g/mol. The van der Waals surface area contributed by atoms with Crippen molar-refractivity contribution >= 4 is 10.9 Å². The number of nitrogens with zero attached hydrogens (tertiary/aromatic N) is 1. The van der Waals surface area contributed by atoms with Crippen molar-refractivity contribution in [2.24, 2.45) is 5.73 Å². The molecule has 4 heteroatoms. The lowest BCUT2D eigenvalue weighted by atomic mass is 10.1. The lowest BCUT2D eigenvalue weighted by Gasteiger charge is -2.19. The third-order valence-electron chi connectivity index (χ3n) is 2.91. The molecule has 0 saturated carbocycles. The van der Waals surface area contributed by atoms with Crippen LogP contribution in [0.2, 0.25) is 0 Å². The molecule has 1 atom stereocenters. The lowest BCUT2D eigenvalue weighted by molar-refractivity contribution is 0.129. The first-order valence-electron chi connectivity index (χ1n) is 5.82. The number of aliphatic hydroxyl groups excluding tert-OH is 1. The zero-order valence-corrected chi connectivity index (χ0v) is 10.1. The summed E-state index contributed by atoms with van der Waals surface area (Å²) in [6.07, 6.45) is 1.57. The molecule has 17 heavy (non-hydrogen) atoms. The second-order valence-electron chi connectivity index (χ2n) is 4.45. The second kappa shape index (κ2) is 5.31. The number of likely N-dealkylation sites (N-methyl/N-ethyl adjacent to an activating group) is 1. The molecule has 4 N–H and O–H groups in total. The molecule has 0 fully saturated rings. The molecule has 1 aromatic heterocycles. The van der Waals surface area contributed by atoms with Gasteiger partial charge in [0.05, 0.1) is 6.10 Å². The number of nitrogens with one attached hydrogen (secondary N) is 1. The summed E-state index contributed by atoms with van der Waals surface area (Å²) in [5.41, 5.74) is 7.79. The molecule has 2 rings (SSSR count). The van der Waals surface area contributed by atoms with Crippen LogP contribution in [-0.2, 0) is 6.54 Å². The van der Waals surface area contributed by atoms with Crippen molar-refractivity contribution in [2.45, 2.75) is 12.6 Å². The average molecular weight is 233 g/mol. The summed E-state index contributed by atoms with van der Waals surface area (Å²) in [5, 5.41) is 10.7. The number of fused-ring (bicyclic) bond motifs is 1. The number of aromatic amines is 1. The largest absolute Gasteiger partial charge is 0.390 e. The van der Waals surface area contributed by atoms with Crippen molar-refractivity contribution in [2.75, 3.05) is 20.1 Å². The molecule has 0 aliphatic heterocycles. The van der Waals surface area contributed by atoms with Crippen LogP contribution in [0.25, 0.3) is 10.9 Å². The zero-order chi connectivity index (χ0) is 12.3. The second-order valence-corrected chi connectivity index (χ2v) is 4.45. The van der Waals surface area contributed by atoms with Crippen molar-refractivity contribution in [3.05, 3.63) is 36.0 Å². The van der Waals surface area contributed by atoms with Gasteiger partial charge < -0.3 is 15.8 Å². The quantitative estimate of drug-likeness (QED) is 0.719. The summed E-state index contributed by atoms with van der Waals surface area (Å²) in [6.45, 7) is 1.70. The van der Waals surface area contributed by atoms with Gasteiger partial charge in [0.1, 0.15) is 0 Å². The van der Waals surface area contributed by atoms with E-state index in [1.165, 1.54) is 10.9 Å². The number of aromatic nitrogens is 1. The van der Waals surface area contributed by atoms with E-state index in [4.69, 9.17) is 5.73 Å². The van der Waals surface area contributed by atoms with E-state index < -0.39 is 6.10 Å². The number of benzene rings is 1. The van der Waals surface area contributed by atoms with Gasteiger partial charge >= 0.3 is 0 Å². The maximum Gasteiger partial charge on any atom is 0.0789 e. The van der Waals surface area contributed by atoms with Gasteiger partial charge in [-0.2, -0.15) is 0 Å². The Morgan fingerprint density at radius 2 is 2.18 bits per heavy atom. The van der Waals surface area contributed by atoms with E-state index in [1.807, 2.05) is 25.4 Å². The molecule has 0 saturated heterocycles. The third kappa shape index (κ3) is 2.85. The molecule has 0 aliphatic rings. The number of H-pyrrole nitrogens is 1. The number of nitrogens with two attached hydrogens (primary N) is 1. The smallest absolute Gasteiger partial charge is 0.0789 e. The summed E-state index contributed by atoms with van der Waals surface area (Å²) in [4.78, 5) is 5.32. The Kier molecular flexibility index (Phi) is 3.78. The van der Waals surface area contributed by atoms with E-state index in [0.29, 0.717) is 13.1 Å². The van der Waals surface area contributed by atoms with E-state index in [9.17, 15) is 5.11 Å². The molecule has 0 amide bonds. The van der Waals surface area contributed by atoms with Crippen LogP contribution in [-0.4, -0.2) is 41.2 Å². The normalized spacial score (nSPS) is 13.4. The number of hydrogen-bond acceptors (Lipinski definition) is 3. The fourth-order valence-corrected chi connectivity index (χ4v) is 2.05. The molecule has 0 bridgehead atoms. The highest BCUT2D eigenvalue weighted by Crippen LogP contribution is 2.18. The first-order valence-corrected chi connectivity index (χ1v) is 5.82. The Hall–Kier alpha value is -1.36. The van der Waals surface area contributed by atoms with Gasteiger partial charge in [0.25, 0.3) is 0 Å². The number of para-hydroxylation sites is 1. The molecule has 1 heterocycles. The molecule has 1 unspecified atom stereocenters. The minimum Gasteiger partial charge on any atom is -0.390 e. The molecular formula is C13H19N3O. The van der Waals surface area contributed by atoms with Crippen molar-refractivity contribution in [1.29, 1.82) is 0 Å². The van der Waals surface area contributed by atoms with E-state index in [2.05, 4.69) is 22.0 Å². The SMILES string of the molecule is CN(Cc1c[nH]c2ccccc12)CC(O)CN. The summed E-state index contributed by atoms with van der Waals surface area (Å²) >= 11 is 0. The van der Waals surface area contributed by atoms with E-state index in [1.54, 1.807) is 0 Å². The van der Waals surface area contributed by atoms with Gasteiger partial charge in [-0.05, 0) is 18.7 Å². The molecule has 1 aromatic carbocycles. The first-order chi connectivity index (χ1) is 8.20. The van der Waals surface area contributed by atoms with Crippen LogP contribution in [0.4, 0.5) is 0 Å². The highest BCUT2D eigenvalue weighted by molar-refractivity contribution is 5.82. The van der Waals surface area contributed by atoms with Gasteiger partial charge in [-0.15, -0.1) is 0 Å². The van der Waals surface area contributed by atoms with Gasteiger partial charge in [-0.25, -0.2) is 0 Å². The van der Waals surface area contributed by atoms with Gasteiger partial charge in [-0.3, -0.25) is 4.90 Å². The minimum atomic E-state index is -0.454. The maximum absolute atomic E-state index is 9.50. The van der Waals surface area contributed by atoms with Crippen LogP contribution in [0.15, 0.2) is 30.5 Å². The van der Waals surface area contributed by atoms with Gasteiger partial charge in [0, 0.05) is 36.7 Å². The Morgan fingerprint density at radius 3 is 2.94 bits per heavy atom. The van der Waals surface area contributed by atoms with Crippen molar-refractivity contribution in [3.63, 3.8) is 0 Å². The van der Waals surface area contributed by atoms with Crippen molar-refractivity contribution in [1.82, 2.24) is 9.88 Å². The zero-order valence-electron chi connectivity index (χ0n) is 10.1. The Balaban J connectivity index is 2.08. The molecule has 92 valence electrons. The summed E-state index contributed by atoms with van der Waals surface area (Å²) in [7, 11) is 1.99. The number of hydrogen-bond donors (Lipinski definition) is 3. The van der Waals surface area contributed by atoms with Gasteiger partial charge in [0.2, 0.25) is 0 Å². The Labute approximate surface area is 101 Å². The summed E-state index contributed by atoms with van der Waals surface area (Å²) in [5.74, 6) is 0. The first kappa shape index (κ1) is 12.1. The predicted molar refractivity (Wildman–Crippen MR) is 69.7 cm³/mol. The van der Waals surface area contributed by atoms with Crippen molar-refractivity contribution in [3.8, 4) is 0 Å². The van der Waals surface area contributed by atoms with E-state index in [0.717, 1.165) is 12.1 Å². The number of aliphatic hydroxyl groups is 1. The van der Waals surface area contributed by atoms with Crippen LogP contribution >= 0.6 is 0 Å². The maximum atomic E-state index is 9.50. The van der Waals surface area contributed by atoms with Crippen LogP contribution < -0.4 is 5.73 Å². The molecule has 0 spiro atoms. The highest BCUT2D eigenvalue weighted by atomic mass is 16.3. The summed E-state index contributed by atoms with van der Waals surface area (Å²) < 4.78 is 0.